The highest BCUT2D eigenvalue weighted by Crippen LogP contribution is 2.39. The monoisotopic (exact) mass is 560 g/mol. The largest absolute Gasteiger partial charge is 0.257 e. The normalized spacial score (nSPS) is 17.9. The smallest absolute Gasteiger partial charge is 0.207 e. The van der Waals surface area contributed by atoms with Gasteiger partial charge in [-0.15, -0.1) is 0 Å². The van der Waals surface area contributed by atoms with Crippen molar-refractivity contribution in [2.45, 2.75) is 64.2 Å². The number of hydrogen-bond donors (Lipinski definition) is 0. The van der Waals surface area contributed by atoms with Gasteiger partial charge in [0.15, 0.2) is 0 Å². The van der Waals surface area contributed by atoms with E-state index in [1.165, 1.54) is 12.5 Å². The van der Waals surface area contributed by atoms with Gasteiger partial charge in [0.1, 0.15) is 29.1 Å². The van der Waals surface area contributed by atoms with Crippen molar-refractivity contribution in [1.82, 2.24) is 0 Å². The third kappa shape index (κ3) is 7.23. The molecule has 0 saturated heterocycles. The summed E-state index contributed by atoms with van der Waals surface area (Å²) in [6, 6.07) is 8.77. The lowest BCUT2D eigenvalue weighted by Crippen LogP contribution is -2.13. The van der Waals surface area contributed by atoms with Gasteiger partial charge in [0.05, 0.1) is 0 Å². The number of hydrogen-bond acceptors (Lipinski definition) is 0. The van der Waals surface area contributed by atoms with Crippen LogP contribution in [0, 0.1) is 35.0 Å². The molecule has 1 saturated carbocycles. The summed E-state index contributed by atoms with van der Waals surface area (Å²) in [4.78, 5) is 0. The molecule has 1 fully saturated rings. The van der Waals surface area contributed by atoms with Crippen molar-refractivity contribution in [3.8, 4) is 11.1 Å². The van der Waals surface area contributed by atoms with Crippen molar-refractivity contribution in [1.29, 1.82) is 0 Å². The van der Waals surface area contributed by atoms with Crippen LogP contribution >= 0.6 is 0 Å². The van der Waals surface area contributed by atoms with Gasteiger partial charge >= 0.3 is 0 Å². The third-order valence-electron chi connectivity index (χ3n) is 7.61. The average Bonchev–Trinajstić information content (AvgIpc) is 2.90. The van der Waals surface area contributed by atoms with Gasteiger partial charge in [-0.1, -0.05) is 44.1 Å². The molecule has 0 aliphatic heterocycles. The summed E-state index contributed by atoms with van der Waals surface area (Å²) in [5.41, 5.74) is 0.165. The van der Waals surface area contributed by atoms with Gasteiger partial charge in [0, 0.05) is 16.7 Å². The van der Waals surface area contributed by atoms with Crippen molar-refractivity contribution in [3.05, 3.63) is 106 Å². The highest BCUT2D eigenvalue weighted by atomic mass is 19.3. The Morgan fingerprint density at radius 2 is 1.43 bits per heavy atom. The van der Waals surface area contributed by atoms with Crippen molar-refractivity contribution >= 4 is 12.2 Å². The Balaban J connectivity index is 1.50. The zero-order valence-corrected chi connectivity index (χ0v) is 22.2. The van der Waals surface area contributed by atoms with E-state index in [0.717, 1.165) is 86.1 Å². The quantitative estimate of drug-likeness (QED) is 0.139. The molecule has 0 unspecified atom stereocenters. The van der Waals surface area contributed by atoms with Crippen LogP contribution in [-0.4, -0.2) is 6.43 Å². The molecular formula is C33H31F7. The maximum Gasteiger partial charge on any atom is 0.257 e. The van der Waals surface area contributed by atoms with E-state index in [1.807, 2.05) is 6.07 Å². The maximum atomic E-state index is 15.1. The van der Waals surface area contributed by atoms with Crippen molar-refractivity contribution < 1.29 is 30.7 Å². The molecule has 7 heteroatoms. The predicted molar refractivity (Wildman–Crippen MR) is 145 cm³/mol. The van der Waals surface area contributed by atoms with E-state index in [1.54, 1.807) is 6.07 Å². The summed E-state index contributed by atoms with van der Waals surface area (Å²) >= 11 is 0. The van der Waals surface area contributed by atoms with E-state index in [4.69, 9.17) is 0 Å². The van der Waals surface area contributed by atoms with Crippen LogP contribution in [0.1, 0.15) is 73.6 Å². The van der Waals surface area contributed by atoms with Crippen LogP contribution in [0.3, 0.4) is 0 Å². The summed E-state index contributed by atoms with van der Waals surface area (Å²) in [5.74, 6) is -3.41. The highest BCUT2D eigenvalue weighted by Gasteiger charge is 2.23. The first-order valence-electron chi connectivity index (χ1n) is 13.6. The number of allylic oxidation sites excluding steroid dienone is 2. The molecule has 0 nitrogen and oxygen atoms in total. The summed E-state index contributed by atoms with van der Waals surface area (Å²) in [7, 11) is 0. The molecule has 0 amide bonds. The molecule has 212 valence electrons. The van der Waals surface area contributed by atoms with E-state index >= 15 is 4.39 Å². The number of rotatable bonds is 9. The lowest BCUT2D eigenvalue weighted by Gasteiger charge is -2.28. The lowest BCUT2D eigenvalue weighted by molar-refractivity contribution is 0.204. The molecule has 0 heterocycles. The molecule has 0 N–H and O–H groups in total. The average molecular weight is 561 g/mol. The first-order chi connectivity index (χ1) is 19.2. The molecule has 0 aromatic heterocycles. The van der Waals surface area contributed by atoms with E-state index in [9.17, 15) is 26.3 Å². The Morgan fingerprint density at radius 3 is 2.00 bits per heavy atom. The summed E-state index contributed by atoms with van der Waals surface area (Å²) < 4.78 is 97.9. The second-order valence-electron chi connectivity index (χ2n) is 10.4. The zero-order valence-electron chi connectivity index (χ0n) is 22.2. The van der Waals surface area contributed by atoms with Crippen LogP contribution in [0.4, 0.5) is 30.7 Å². The van der Waals surface area contributed by atoms with Gasteiger partial charge < -0.3 is 0 Å². The van der Waals surface area contributed by atoms with Crippen LogP contribution in [0.15, 0.2) is 54.6 Å². The van der Waals surface area contributed by atoms with Crippen LogP contribution in [0.25, 0.3) is 23.3 Å². The zero-order chi connectivity index (χ0) is 28.8. The van der Waals surface area contributed by atoms with Gasteiger partial charge in [-0.2, -0.15) is 0 Å². The fourth-order valence-electron chi connectivity index (χ4n) is 5.49. The summed E-state index contributed by atoms with van der Waals surface area (Å²) in [6.45, 7) is 2.18. The van der Waals surface area contributed by atoms with E-state index in [0.29, 0.717) is 6.08 Å². The predicted octanol–water partition coefficient (Wildman–Crippen LogP) is 10.7. The second kappa shape index (κ2) is 13.3. The number of alkyl halides is 2. The van der Waals surface area contributed by atoms with Crippen molar-refractivity contribution in [3.63, 3.8) is 0 Å². The Morgan fingerprint density at radius 1 is 0.775 bits per heavy atom. The molecule has 0 radical (unpaired) electrons. The first kappa shape index (κ1) is 29.6. The minimum Gasteiger partial charge on any atom is -0.207 e. The molecule has 3 aromatic carbocycles. The molecule has 0 spiro atoms. The van der Waals surface area contributed by atoms with Gasteiger partial charge in [0.25, 0.3) is 6.43 Å². The molecule has 40 heavy (non-hydrogen) atoms. The van der Waals surface area contributed by atoms with Gasteiger partial charge in [-0.3, -0.25) is 0 Å². The molecule has 1 aliphatic carbocycles. The van der Waals surface area contributed by atoms with Gasteiger partial charge in [-0.25, -0.2) is 30.7 Å². The number of benzene rings is 3. The Kier molecular flexibility index (Phi) is 9.88. The minimum absolute atomic E-state index is 0.00942. The first-order valence-corrected chi connectivity index (χ1v) is 13.6. The third-order valence-corrected chi connectivity index (χ3v) is 7.61. The molecule has 0 atom stereocenters. The van der Waals surface area contributed by atoms with Crippen LogP contribution in [-0.2, 0) is 6.42 Å². The van der Waals surface area contributed by atoms with Crippen LogP contribution < -0.4 is 0 Å². The Hall–Kier alpha value is -3.35. The molecule has 1 aliphatic rings. The summed E-state index contributed by atoms with van der Waals surface area (Å²) in [5, 5.41) is 0. The van der Waals surface area contributed by atoms with Crippen LogP contribution in [0.5, 0.6) is 0 Å². The molecule has 3 aromatic rings. The Bertz CT molecular complexity index is 1340. The van der Waals surface area contributed by atoms with Crippen molar-refractivity contribution in [2.75, 3.05) is 0 Å². The maximum absolute atomic E-state index is 15.1. The van der Waals surface area contributed by atoms with E-state index in [2.05, 4.69) is 6.92 Å². The van der Waals surface area contributed by atoms with Gasteiger partial charge in [-0.05, 0) is 103 Å². The topological polar surface area (TPSA) is 0 Å². The molecule has 4 rings (SSSR count). The standard InChI is InChI=1S/C33H31F7/c1-2-4-20-7-10-22(11-8-20)23-12-14-25(30(36)17-23)24-18-31(37)27(32(38)19-24)13-9-21-15-28(34)26(29(35)16-21)5-3-6-33(39)40/h3,6,9,12-20,22,33H,2,4-5,7-8,10-11H2,1H3/b6-3+,13-9+. The number of halogens is 7. The minimum atomic E-state index is -2.74. The fraction of sp³-hybridized carbons (Fsp3) is 0.333. The van der Waals surface area contributed by atoms with Crippen LogP contribution in [0.2, 0.25) is 0 Å². The lowest BCUT2D eigenvalue weighted by atomic mass is 9.77. The SMILES string of the molecule is CCCC1CCC(c2ccc(-c3cc(F)c(/C=C/c4cc(F)c(C/C=C/C(F)F)c(F)c4)c(F)c3)c(F)c2)CC1. The molecular weight excluding hydrogens is 529 g/mol. The Labute approximate surface area is 230 Å². The van der Waals surface area contributed by atoms with E-state index in [-0.39, 0.29) is 29.0 Å². The highest BCUT2D eigenvalue weighted by molar-refractivity contribution is 5.73. The van der Waals surface area contributed by atoms with Crippen molar-refractivity contribution in [2.24, 2.45) is 5.92 Å². The van der Waals surface area contributed by atoms with E-state index < -0.39 is 46.6 Å². The second-order valence-corrected chi connectivity index (χ2v) is 10.4. The van der Waals surface area contributed by atoms with Gasteiger partial charge in [0.2, 0.25) is 0 Å². The summed E-state index contributed by atoms with van der Waals surface area (Å²) in [6.07, 6.45) is 7.18. The fourth-order valence-corrected chi connectivity index (χ4v) is 5.49. The molecule has 0 bridgehead atoms.